The molecule has 0 amide bonds. The Morgan fingerprint density at radius 3 is 1.69 bits per heavy atom. The first-order valence-corrected chi connectivity index (χ1v) is 20.3. The van der Waals surface area contributed by atoms with Gasteiger partial charge >= 0.3 is 0 Å². The topological polar surface area (TPSA) is 68.2 Å². The molecule has 0 fully saturated rings. The lowest BCUT2D eigenvalue weighted by Gasteiger charge is -2.26. The van der Waals surface area contributed by atoms with Gasteiger partial charge in [0.05, 0.1) is 0 Å². The van der Waals surface area contributed by atoms with Crippen molar-refractivity contribution < 1.29 is 8.83 Å². The number of hydrogen-bond acceptors (Lipinski definition) is 6. The Bertz CT molecular complexity index is 3590. The van der Waals surface area contributed by atoms with E-state index in [9.17, 15) is 0 Å². The standard InChI is InChI=1S/C55H34N4O2/c1-3-12-35(13-4-1)37-22-24-39(25-23-37)54-56-53(38-15-5-2-6-16-38)57-55(58-54)46-19-11-21-50-52(46)45-30-28-43(34-51(45)61-50)59(41-27-26-36-14-7-8-17-40(36)32-41)42-29-31-49-47(33-42)44-18-9-10-20-48(44)60-49/h1-34H. The summed E-state index contributed by atoms with van der Waals surface area (Å²) in [6, 6.07) is 71.1. The number of rotatable bonds is 7. The highest BCUT2D eigenvalue weighted by Crippen LogP contribution is 2.43. The molecule has 0 bridgehead atoms. The summed E-state index contributed by atoms with van der Waals surface area (Å²) in [5, 5.41) is 6.41. The summed E-state index contributed by atoms with van der Waals surface area (Å²) in [4.78, 5) is 17.6. The maximum Gasteiger partial charge on any atom is 0.164 e. The third-order valence-corrected chi connectivity index (χ3v) is 11.5. The molecule has 0 spiro atoms. The SMILES string of the molecule is c1ccc(-c2ccc(-c3nc(-c4ccccc4)nc(-c4cccc5oc6cc(N(c7ccc8ccccc8c7)c7ccc8oc9ccccc9c8c7)ccc6c45)n3)cc2)cc1. The number of hydrogen-bond donors (Lipinski definition) is 0. The maximum absolute atomic E-state index is 6.74. The largest absolute Gasteiger partial charge is 0.456 e. The van der Waals surface area contributed by atoms with Crippen LogP contribution in [0.4, 0.5) is 17.1 Å². The average Bonchev–Trinajstić information content (AvgIpc) is 3.90. The van der Waals surface area contributed by atoms with E-state index in [2.05, 4.69) is 150 Å². The van der Waals surface area contributed by atoms with E-state index in [1.807, 2.05) is 60.7 Å². The van der Waals surface area contributed by atoms with E-state index >= 15 is 0 Å². The number of furan rings is 2. The monoisotopic (exact) mass is 782 g/mol. The molecule has 61 heavy (non-hydrogen) atoms. The van der Waals surface area contributed by atoms with Crippen molar-refractivity contribution in [2.24, 2.45) is 0 Å². The number of nitrogens with zero attached hydrogens (tertiary/aromatic N) is 4. The van der Waals surface area contributed by atoms with Crippen LogP contribution in [0, 0.1) is 0 Å². The normalized spacial score (nSPS) is 11.6. The van der Waals surface area contributed by atoms with E-state index in [1.165, 1.54) is 5.39 Å². The van der Waals surface area contributed by atoms with Crippen molar-refractivity contribution in [3.05, 3.63) is 206 Å². The van der Waals surface area contributed by atoms with Crippen molar-refractivity contribution in [3.63, 3.8) is 0 Å². The Labute approximate surface area is 350 Å². The highest BCUT2D eigenvalue weighted by atomic mass is 16.3. The molecule has 6 nitrogen and oxygen atoms in total. The summed E-state index contributed by atoms with van der Waals surface area (Å²) in [6.45, 7) is 0. The van der Waals surface area contributed by atoms with Gasteiger partial charge in [0.25, 0.3) is 0 Å². The molecule has 286 valence electrons. The molecule has 0 aliphatic rings. The summed E-state index contributed by atoms with van der Waals surface area (Å²) >= 11 is 0. The van der Waals surface area contributed by atoms with Gasteiger partial charge in [-0.25, -0.2) is 15.0 Å². The van der Waals surface area contributed by atoms with Crippen molar-refractivity contribution in [1.29, 1.82) is 0 Å². The number of anilines is 3. The highest BCUT2D eigenvalue weighted by Gasteiger charge is 2.21. The second-order valence-corrected chi connectivity index (χ2v) is 15.2. The van der Waals surface area contributed by atoms with Crippen LogP contribution >= 0.6 is 0 Å². The predicted octanol–water partition coefficient (Wildman–Crippen LogP) is 15.0. The molecule has 0 unspecified atom stereocenters. The lowest BCUT2D eigenvalue weighted by molar-refractivity contribution is 0.668. The first-order chi connectivity index (χ1) is 30.2. The second kappa shape index (κ2) is 14.2. The van der Waals surface area contributed by atoms with Gasteiger partial charge in [0.15, 0.2) is 17.5 Å². The van der Waals surface area contributed by atoms with Crippen LogP contribution < -0.4 is 4.90 Å². The van der Waals surface area contributed by atoms with Crippen molar-refractivity contribution in [1.82, 2.24) is 15.0 Å². The van der Waals surface area contributed by atoms with Gasteiger partial charge in [-0.05, 0) is 76.5 Å². The molecule has 0 N–H and O–H groups in total. The Hall–Kier alpha value is -8.35. The van der Waals surface area contributed by atoms with Gasteiger partial charge in [-0.3, -0.25) is 0 Å². The van der Waals surface area contributed by atoms with E-state index in [0.717, 1.165) is 94.1 Å². The summed E-state index contributed by atoms with van der Waals surface area (Å²) < 4.78 is 13.0. The fourth-order valence-corrected chi connectivity index (χ4v) is 8.54. The van der Waals surface area contributed by atoms with Crippen LogP contribution in [-0.4, -0.2) is 15.0 Å². The summed E-state index contributed by atoms with van der Waals surface area (Å²) in [7, 11) is 0. The fraction of sp³-hybridized carbons (Fsp3) is 0. The van der Waals surface area contributed by atoms with Crippen molar-refractivity contribution in [2.75, 3.05) is 4.90 Å². The molecule has 0 radical (unpaired) electrons. The third-order valence-electron chi connectivity index (χ3n) is 11.5. The third kappa shape index (κ3) is 6.09. The molecule has 0 atom stereocenters. The number of benzene rings is 9. The Morgan fingerprint density at radius 1 is 0.311 bits per heavy atom. The van der Waals surface area contributed by atoms with Crippen LogP contribution in [0.15, 0.2) is 215 Å². The number of aromatic nitrogens is 3. The Kier molecular flexibility index (Phi) is 8.06. The van der Waals surface area contributed by atoms with E-state index in [0.29, 0.717) is 17.5 Å². The van der Waals surface area contributed by atoms with Gasteiger partial charge in [0.1, 0.15) is 22.3 Å². The summed E-state index contributed by atoms with van der Waals surface area (Å²) in [5.74, 6) is 1.78. The van der Waals surface area contributed by atoms with Gasteiger partial charge < -0.3 is 13.7 Å². The summed E-state index contributed by atoms with van der Waals surface area (Å²) in [6.07, 6.45) is 0. The van der Waals surface area contributed by atoms with Crippen LogP contribution in [0.2, 0.25) is 0 Å². The minimum Gasteiger partial charge on any atom is -0.456 e. The fourth-order valence-electron chi connectivity index (χ4n) is 8.54. The molecule has 6 heteroatoms. The van der Waals surface area contributed by atoms with Gasteiger partial charge in [-0.2, -0.15) is 0 Å². The van der Waals surface area contributed by atoms with Crippen LogP contribution in [-0.2, 0) is 0 Å². The maximum atomic E-state index is 6.74. The molecular formula is C55H34N4O2. The molecular weight excluding hydrogens is 749 g/mol. The van der Waals surface area contributed by atoms with Crippen LogP contribution in [0.1, 0.15) is 0 Å². The summed E-state index contributed by atoms with van der Waals surface area (Å²) in [5.41, 5.74) is 11.2. The van der Waals surface area contributed by atoms with Gasteiger partial charge in [0, 0.05) is 61.4 Å². The molecule has 0 saturated carbocycles. The van der Waals surface area contributed by atoms with Crippen LogP contribution in [0.3, 0.4) is 0 Å². The predicted molar refractivity (Wildman–Crippen MR) is 248 cm³/mol. The second-order valence-electron chi connectivity index (χ2n) is 15.2. The van der Waals surface area contributed by atoms with Gasteiger partial charge in [-0.1, -0.05) is 146 Å². The van der Waals surface area contributed by atoms with Crippen LogP contribution in [0.5, 0.6) is 0 Å². The van der Waals surface area contributed by atoms with Crippen molar-refractivity contribution in [2.45, 2.75) is 0 Å². The quantitative estimate of drug-likeness (QED) is 0.160. The lowest BCUT2D eigenvalue weighted by Crippen LogP contribution is -2.09. The first kappa shape index (κ1) is 34.7. The first-order valence-electron chi connectivity index (χ1n) is 20.3. The average molecular weight is 783 g/mol. The molecule has 3 heterocycles. The van der Waals surface area contributed by atoms with E-state index in [-0.39, 0.29) is 0 Å². The smallest absolute Gasteiger partial charge is 0.164 e. The minimum atomic E-state index is 0.576. The van der Waals surface area contributed by atoms with E-state index in [1.54, 1.807) is 0 Å². The molecule has 0 aliphatic carbocycles. The van der Waals surface area contributed by atoms with Crippen LogP contribution in [0.25, 0.3) is 99.9 Å². The molecule has 12 aromatic rings. The Morgan fingerprint density at radius 2 is 0.869 bits per heavy atom. The zero-order chi connectivity index (χ0) is 40.3. The van der Waals surface area contributed by atoms with E-state index < -0.39 is 0 Å². The lowest BCUT2D eigenvalue weighted by atomic mass is 10.0. The van der Waals surface area contributed by atoms with Crippen molar-refractivity contribution in [3.8, 4) is 45.3 Å². The molecule has 12 rings (SSSR count). The molecule has 0 saturated heterocycles. The van der Waals surface area contributed by atoms with Gasteiger partial charge in [0.2, 0.25) is 0 Å². The van der Waals surface area contributed by atoms with E-state index in [4.69, 9.17) is 23.8 Å². The molecule has 9 aromatic carbocycles. The van der Waals surface area contributed by atoms with Gasteiger partial charge in [-0.15, -0.1) is 0 Å². The van der Waals surface area contributed by atoms with Crippen molar-refractivity contribution >= 4 is 71.7 Å². The molecule has 0 aliphatic heterocycles. The zero-order valence-electron chi connectivity index (χ0n) is 32.7. The number of para-hydroxylation sites is 1. The number of fused-ring (bicyclic) bond motifs is 7. The molecule has 3 aromatic heterocycles. The minimum absolute atomic E-state index is 0.576. The zero-order valence-corrected chi connectivity index (χ0v) is 32.7. The Balaban J connectivity index is 1.01. The highest BCUT2D eigenvalue weighted by molar-refractivity contribution is 6.13.